The molecular weight excluding hydrogens is 366 g/mol. The van der Waals surface area contributed by atoms with Gasteiger partial charge in [0, 0.05) is 29.3 Å². The molecule has 0 spiro atoms. The van der Waals surface area contributed by atoms with E-state index in [2.05, 4.69) is 22.4 Å². The molecule has 3 aromatic rings. The molecule has 6 heteroatoms. The Morgan fingerprint density at radius 1 is 1.31 bits per heavy atom. The smallest absolute Gasteiger partial charge is 0.314 e. The molecule has 0 radical (unpaired) electrons. The van der Waals surface area contributed by atoms with Crippen LogP contribution in [0.3, 0.4) is 0 Å². The molecule has 3 atom stereocenters. The minimum atomic E-state index is -0.378. The lowest BCUT2D eigenvalue weighted by atomic mass is 9.87. The quantitative estimate of drug-likeness (QED) is 0.635. The lowest BCUT2D eigenvalue weighted by molar-refractivity contribution is -0.151. The first-order valence-electron chi connectivity index (χ1n) is 10.3. The number of carbonyl (C=O) groups is 1. The van der Waals surface area contributed by atoms with Crippen molar-refractivity contribution in [3.05, 3.63) is 59.6 Å². The number of ether oxygens (including phenoxy) is 1. The van der Waals surface area contributed by atoms with E-state index in [1.165, 1.54) is 0 Å². The number of nitrogens with one attached hydrogen (secondary N) is 1. The van der Waals surface area contributed by atoms with Crippen LogP contribution in [-0.2, 0) is 16.0 Å². The Balaban J connectivity index is 1.61. The normalized spacial score (nSPS) is 20.5. The van der Waals surface area contributed by atoms with Crippen LogP contribution in [0.2, 0.25) is 0 Å². The highest BCUT2D eigenvalue weighted by molar-refractivity contribution is 5.83. The van der Waals surface area contributed by atoms with Gasteiger partial charge >= 0.3 is 5.97 Å². The zero-order valence-corrected chi connectivity index (χ0v) is 16.9. The summed E-state index contributed by atoms with van der Waals surface area (Å²) in [5.74, 6) is 0.883. The zero-order valence-electron chi connectivity index (χ0n) is 16.9. The van der Waals surface area contributed by atoms with Crippen molar-refractivity contribution in [3.63, 3.8) is 0 Å². The summed E-state index contributed by atoms with van der Waals surface area (Å²) in [4.78, 5) is 17.2. The molecule has 1 aliphatic heterocycles. The summed E-state index contributed by atoms with van der Waals surface area (Å²) in [7, 11) is 0. The predicted molar refractivity (Wildman–Crippen MR) is 110 cm³/mol. The van der Waals surface area contributed by atoms with E-state index in [4.69, 9.17) is 9.26 Å². The zero-order chi connectivity index (χ0) is 20.2. The summed E-state index contributed by atoms with van der Waals surface area (Å²) < 4.78 is 11.2. The van der Waals surface area contributed by atoms with Crippen LogP contribution in [0, 0.1) is 12.8 Å². The van der Waals surface area contributed by atoms with E-state index >= 15 is 0 Å². The lowest BCUT2D eigenvalue weighted by Gasteiger charge is -2.35. The Morgan fingerprint density at radius 3 is 2.90 bits per heavy atom. The van der Waals surface area contributed by atoms with Crippen LogP contribution in [0.4, 0.5) is 0 Å². The van der Waals surface area contributed by atoms with Crippen LogP contribution >= 0.6 is 0 Å². The summed E-state index contributed by atoms with van der Waals surface area (Å²) in [6, 6.07) is 11.8. The molecule has 29 heavy (non-hydrogen) atoms. The molecule has 0 bridgehead atoms. The van der Waals surface area contributed by atoms with Crippen LogP contribution in [0.25, 0.3) is 10.9 Å². The van der Waals surface area contributed by atoms with Crippen molar-refractivity contribution in [2.24, 2.45) is 5.92 Å². The van der Waals surface area contributed by atoms with Gasteiger partial charge in [0.1, 0.15) is 18.3 Å². The molecule has 152 valence electrons. The number of carbonyl (C=O) groups excluding carboxylic acids is 1. The molecule has 4 rings (SSSR count). The van der Waals surface area contributed by atoms with Crippen LogP contribution in [0.1, 0.15) is 49.3 Å². The van der Waals surface area contributed by atoms with Crippen molar-refractivity contribution < 1.29 is 14.1 Å². The number of aryl methyl sites for hydroxylation is 1. The van der Waals surface area contributed by atoms with E-state index in [0.29, 0.717) is 11.7 Å². The van der Waals surface area contributed by atoms with E-state index in [1.807, 2.05) is 37.3 Å². The second kappa shape index (κ2) is 8.74. The molecule has 0 saturated carbocycles. The van der Waals surface area contributed by atoms with Crippen molar-refractivity contribution in [3.8, 4) is 0 Å². The molecule has 3 heterocycles. The van der Waals surface area contributed by atoms with Crippen LogP contribution < -0.4 is 5.32 Å². The van der Waals surface area contributed by atoms with Crippen molar-refractivity contribution in [1.82, 2.24) is 15.5 Å². The summed E-state index contributed by atoms with van der Waals surface area (Å²) in [5.41, 5.74) is 2.65. The number of hydrogen-bond acceptors (Lipinski definition) is 6. The highest BCUT2D eigenvalue weighted by atomic mass is 16.5. The molecule has 0 amide bonds. The maximum Gasteiger partial charge on any atom is 0.314 e. The van der Waals surface area contributed by atoms with Crippen LogP contribution in [-0.4, -0.2) is 28.7 Å². The first-order valence-corrected chi connectivity index (χ1v) is 10.3. The molecule has 6 nitrogen and oxygen atoms in total. The van der Waals surface area contributed by atoms with Gasteiger partial charge in [-0.1, -0.05) is 36.7 Å². The van der Waals surface area contributed by atoms with E-state index in [-0.39, 0.29) is 24.5 Å². The second-order valence-electron chi connectivity index (χ2n) is 7.81. The topological polar surface area (TPSA) is 77.2 Å². The van der Waals surface area contributed by atoms with Gasteiger partial charge in [-0.3, -0.25) is 9.78 Å². The number of nitrogens with zero attached hydrogens (tertiary/aromatic N) is 2. The largest absolute Gasteiger partial charge is 0.455 e. The van der Waals surface area contributed by atoms with Gasteiger partial charge < -0.3 is 14.6 Å². The number of esters is 1. The minimum absolute atomic E-state index is 0.0732. The highest BCUT2D eigenvalue weighted by Crippen LogP contribution is 2.33. The van der Waals surface area contributed by atoms with E-state index in [1.54, 1.807) is 12.3 Å². The van der Waals surface area contributed by atoms with Gasteiger partial charge in [0.15, 0.2) is 0 Å². The maximum absolute atomic E-state index is 12.8. The van der Waals surface area contributed by atoms with E-state index in [9.17, 15) is 4.79 Å². The molecule has 2 aromatic heterocycles. The Morgan fingerprint density at radius 2 is 2.17 bits per heavy atom. The fourth-order valence-corrected chi connectivity index (χ4v) is 4.10. The van der Waals surface area contributed by atoms with E-state index in [0.717, 1.165) is 48.0 Å². The summed E-state index contributed by atoms with van der Waals surface area (Å²) in [6.45, 7) is 5.00. The van der Waals surface area contributed by atoms with Crippen LogP contribution in [0.15, 0.2) is 47.1 Å². The molecule has 1 fully saturated rings. The molecule has 0 unspecified atom stereocenters. The number of pyridine rings is 1. The van der Waals surface area contributed by atoms with Gasteiger partial charge in [0.05, 0.1) is 11.2 Å². The maximum atomic E-state index is 12.8. The third kappa shape index (κ3) is 4.48. The number of benzene rings is 1. The lowest BCUT2D eigenvalue weighted by Crippen LogP contribution is -2.44. The third-order valence-electron chi connectivity index (χ3n) is 5.74. The highest BCUT2D eigenvalue weighted by Gasteiger charge is 2.32. The second-order valence-corrected chi connectivity index (χ2v) is 7.81. The predicted octanol–water partition coefficient (Wildman–Crippen LogP) is 4.14. The molecule has 1 N–H and O–H groups in total. The standard InChI is InChI=1S/C23H27N3O3/c1-3-16-8-9-21(25-14-16)23(28-22(27)13-17-12-15(2)26-29-17)19-10-11-24-20-7-5-4-6-18(19)20/h4-7,10-12,16,21,23,25H,3,8-9,13-14H2,1-2H3/t16-,21-,23+/m1/s1. The Kier molecular flexibility index (Phi) is 5.90. The first-order chi connectivity index (χ1) is 14.1. The molecule has 1 aliphatic rings. The van der Waals surface area contributed by atoms with Gasteiger partial charge in [-0.15, -0.1) is 0 Å². The summed E-state index contributed by atoms with van der Waals surface area (Å²) in [6.07, 6.45) is 4.74. The number of hydrogen-bond donors (Lipinski definition) is 1. The van der Waals surface area contributed by atoms with Crippen molar-refractivity contribution >= 4 is 16.9 Å². The number of aromatic nitrogens is 2. The Bertz CT molecular complexity index is 971. The van der Waals surface area contributed by atoms with Gasteiger partial charge in [0.25, 0.3) is 0 Å². The van der Waals surface area contributed by atoms with Gasteiger partial charge in [0.2, 0.25) is 0 Å². The van der Waals surface area contributed by atoms with Gasteiger partial charge in [-0.25, -0.2) is 0 Å². The molecule has 0 aliphatic carbocycles. The summed E-state index contributed by atoms with van der Waals surface area (Å²) >= 11 is 0. The number of para-hydroxylation sites is 1. The van der Waals surface area contributed by atoms with Crippen molar-refractivity contribution in [2.45, 2.75) is 51.7 Å². The number of rotatable bonds is 6. The molecular formula is C23H27N3O3. The van der Waals surface area contributed by atoms with E-state index < -0.39 is 0 Å². The summed E-state index contributed by atoms with van der Waals surface area (Å²) in [5, 5.41) is 8.49. The SMILES string of the molecule is CC[C@@H]1CC[C@H]([C@@H](OC(=O)Cc2cc(C)no2)c2ccnc3ccccc23)NC1. The fraction of sp³-hybridized carbons (Fsp3) is 0.435. The van der Waals surface area contributed by atoms with Crippen LogP contribution in [0.5, 0.6) is 0 Å². The first kappa shape index (κ1) is 19.6. The Hall–Kier alpha value is -2.73. The third-order valence-corrected chi connectivity index (χ3v) is 5.74. The molecule has 1 aromatic carbocycles. The van der Waals surface area contributed by atoms with Crippen molar-refractivity contribution in [2.75, 3.05) is 6.54 Å². The molecule has 1 saturated heterocycles. The average Bonchev–Trinajstić information content (AvgIpc) is 3.16. The number of piperidine rings is 1. The number of fused-ring (bicyclic) bond motifs is 1. The van der Waals surface area contributed by atoms with Crippen molar-refractivity contribution in [1.29, 1.82) is 0 Å². The van der Waals surface area contributed by atoms with Gasteiger partial charge in [-0.05, 0) is 44.4 Å². The minimum Gasteiger partial charge on any atom is -0.455 e. The monoisotopic (exact) mass is 393 g/mol. The average molecular weight is 393 g/mol. The Labute approximate surface area is 170 Å². The fourth-order valence-electron chi connectivity index (χ4n) is 4.10. The van der Waals surface area contributed by atoms with Gasteiger partial charge in [-0.2, -0.15) is 0 Å².